The van der Waals surface area contributed by atoms with Crippen molar-refractivity contribution in [3.8, 4) is 0 Å². The van der Waals surface area contributed by atoms with Crippen molar-refractivity contribution in [3.05, 3.63) is 59.4 Å². The summed E-state index contributed by atoms with van der Waals surface area (Å²) in [7, 11) is -3.98. The Hall–Kier alpha value is -3.91. The fourth-order valence-electron chi connectivity index (χ4n) is 5.93. The molecular weight excluding hydrogens is 613 g/mol. The second kappa shape index (κ2) is 12.8. The first-order chi connectivity index (χ1) is 21.3. The number of methoxy groups -OCH3 is 1. The number of hydrogen-bond acceptors (Lipinski definition) is 7. The maximum atomic E-state index is 13.4. The third-order valence-electron chi connectivity index (χ3n) is 8.50. The second-order valence-corrected chi connectivity index (χ2v) is 20.6. The van der Waals surface area contributed by atoms with Gasteiger partial charge in [0.05, 0.1) is 23.9 Å². The van der Waals surface area contributed by atoms with E-state index < -0.39 is 36.1 Å². The number of para-hydroxylation sites is 1. The number of imidazole rings is 1. The van der Waals surface area contributed by atoms with E-state index >= 15 is 0 Å². The number of anilines is 1. The quantitative estimate of drug-likeness (QED) is 0.261. The highest BCUT2D eigenvalue weighted by atomic mass is 32.2. The zero-order chi connectivity index (χ0) is 32.5. The van der Waals surface area contributed by atoms with Crippen molar-refractivity contribution in [1.82, 2.24) is 24.1 Å². The number of urea groups is 2. The van der Waals surface area contributed by atoms with Crippen LogP contribution in [-0.2, 0) is 32.5 Å². The van der Waals surface area contributed by atoms with Crippen LogP contribution in [0, 0.1) is 6.92 Å². The highest BCUT2D eigenvalue weighted by Crippen LogP contribution is 2.28. The molecule has 1 saturated heterocycles. The van der Waals surface area contributed by atoms with Crippen LogP contribution in [0.4, 0.5) is 15.3 Å². The molecule has 1 atom stereocenters. The molecule has 1 aromatic heterocycles. The van der Waals surface area contributed by atoms with Gasteiger partial charge in [0.2, 0.25) is 10.0 Å². The number of aryl methyl sites for hydroxylation is 1. The predicted octanol–water partition coefficient (Wildman–Crippen LogP) is 4.17. The first kappa shape index (κ1) is 32.5. The SMILES string of the molecule is COC(=O)C(Cc1ccc2nc(C)n(S(=O)(=O)CC[Si](C)(C)C)c2c1)NC(=O)N1CCC(N2Cc3ccccc3NC2=O)CC1. The van der Waals surface area contributed by atoms with Crippen molar-refractivity contribution in [2.45, 2.75) is 70.5 Å². The minimum atomic E-state index is -3.65. The largest absolute Gasteiger partial charge is 0.467 e. The minimum Gasteiger partial charge on any atom is -0.467 e. The molecule has 0 aliphatic carbocycles. The van der Waals surface area contributed by atoms with Crippen LogP contribution >= 0.6 is 0 Å². The van der Waals surface area contributed by atoms with Crippen LogP contribution in [-0.4, -0.2) is 91.3 Å². The number of carbonyl (C=O) groups is 3. The van der Waals surface area contributed by atoms with Crippen LogP contribution in [0.2, 0.25) is 25.7 Å². The molecule has 5 rings (SSSR count). The predicted molar refractivity (Wildman–Crippen MR) is 175 cm³/mol. The summed E-state index contributed by atoms with van der Waals surface area (Å²) in [5.74, 6) is -0.188. The van der Waals surface area contributed by atoms with Gasteiger partial charge in [-0.2, -0.15) is 0 Å². The lowest BCUT2D eigenvalue weighted by Crippen LogP contribution is -2.54. The van der Waals surface area contributed by atoms with Crippen LogP contribution in [0.1, 0.15) is 29.8 Å². The molecule has 4 amide bonds. The van der Waals surface area contributed by atoms with Gasteiger partial charge >= 0.3 is 18.0 Å². The minimum absolute atomic E-state index is 0.0131. The van der Waals surface area contributed by atoms with Crippen LogP contribution < -0.4 is 10.6 Å². The van der Waals surface area contributed by atoms with Crippen molar-refractivity contribution in [2.75, 3.05) is 31.3 Å². The zero-order valence-corrected chi connectivity index (χ0v) is 28.3. The first-order valence-corrected chi connectivity index (χ1v) is 20.6. The molecule has 14 heteroatoms. The number of carbonyl (C=O) groups excluding carboxylic acids is 3. The maximum absolute atomic E-state index is 13.4. The fraction of sp³-hybridized carbons (Fsp3) is 0.484. The number of ether oxygens (including phenoxy) is 1. The monoisotopic (exact) mass is 654 g/mol. The van der Waals surface area contributed by atoms with Gasteiger partial charge in [-0.05, 0) is 55.1 Å². The van der Waals surface area contributed by atoms with Crippen molar-refractivity contribution < 1.29 is 27.5 Å². The van der Waals surface area contributed by atoms with E-state index in [4.69, 9.17) is 4.74 Å². The molecule has 0 saturated carbocycles. The van der Waals surface area contributed by atoms with E-state index in [1.54, 1.807) is 30.0 Å². The van der Waals surface area contributed by atoms with E-state index in [9.17, 15) is 22.8 Å². The number of nitrogens with one attached hydrogen (secondary N) is 2. The highest BCUT2D eigenvalue weighted by Gasteiger charge is 2.34. The standard InChI is InChI=1S/C31H42N6O6SSi/c1-21-32-26-11-10-22(19-28(26)37(21)44(41,42)16-17-45(3,4)5)18-27(29(38)43-2)34-30(39)35-14-12-24(13-15-35)36-20-23-8-6-7-9-25(23)33-31(36)40/h6-11,19,24,27H,12-18,20H2,1-5H3,(H,33,40)(H,34,39). The second-order valence-electron chi connectivity index (χ2n) is 13.0. The Morgan fingerprint density at radius 1 is 1.13 bits per heavy atom. The lowest BCUT2D eigenvalue weighted by molar-refractivity contribution is -0.142. The number of nitrogens with zero attached hydrogens (tertiary/aromatic N) is 4. The van der Waals surface area contributed by atoms with Crippen LogP contribution in [0.3, 0.4) is 0 Å². The molecule has 2 N–H and O–H groups in total. The number of amides is 4. The van der Waals surface area contributed by atoms with Crippen LogP contribution in [0.15, 0.2) is 42.5 Å². The van der Waals surface area contributed by atoms with E-state index in [2.05, 4.69) is 35.3 Å². The molecule has 0 radical (unpaired) electrons. The normalized spacial score (nSPS) is 16.7. The molecule has 45 heavy (non-hydrogen) atoms. The summed E-state index contributed by atoms with van der Waals surface area (Å²) in [5, 5.41) is 5.77. The van der Waals surface area contributed by atoms with Gasteiger partial charge in [-0.1, -0.05) is 43.9 Å². The molecule has 1 fully saturated rings. The Bertz CT molecular complexity index is 1710. The molecule has 0 bridgehead atoms. The molecule has 1 unspecified atom stereocenters. The topological polar surface area (TPSA) is 143 Å². The van der Waals surface area contributed by atoms with Crippen molar-refractivity contribution in [1.29, 1.82) is 0 Å². The average Bonchev–Trinajstić information content (AvgIpc) is 3.34. The number of likely N-dealkylation sites (tertiary alicyclic amines) is 1. The van der Waals surface area contributed by atoms with Gasteiger partial charge in [-0.3, -0.25) is 0 Å². The number of piperidine rings is 1. The van der Waals surface area contributed by atoms with E-state index in [0.29, 0.717) is 60.9 Å². The van der Waals surface area contributed by atoms with Gasteiger partial charge < -0.3 is 25.2 Å². The maximum Gasteiger partial charge on any atom is 0.328 e. The van der Waals surface area contributed by atoms with Crippen LogP contribution in [0.5, 0.6) is 0 Å². The first-order valence-electron chi connectivity index (χ1n) is 15.3. The molecule has 2 aliphatic rings. The molecular formula is C31H42N6O6SSi. The van der Waals surface area contributed by atoms with Gasteiger partial charge in [0.1, 0.15) is 11.9 Å². The lowest BCUT2D eigenvalue weighted by atomic mass is 10.0. The van der Waals surface area contributed by atoms with E-state index in [1.807, 2.05) is 29.2 Å². The molecule has 2 aliphatic heterocycles. The molecule has 3 heterocycles. The molecule has 0 spiro atoms. The summed E-state index contributed by atoms with van der Waals surface area (Å²) in [6.07, 6.45) is 1.33. The highest BCUT2D eigenvalue weighted by molar-refractivity contribution is 7.90. The summed E-state index contributed by atoms with van der Waals surface area (Å²) in [6.45, 7) is 9.44. The van der Waals surface area contributed by atoms with Crippen molar-refractivity contribution in [3.63, 3.8) is 0 Å². The van der Waals surface area contributed by atoms with E-state index in [0.717, 1.165) is 11.3 Å². The number of fused-ring (bicyclic) bond motifs is 2. The number of benzene rings is 2. The molecule has 242 valence electrons. The van der Waals surface area contributed by atoms with Gasteiger partial charge in [0, 0.05) is 45.9 Å². The average molecular weight is 655 g/mol. The summed E-state index contributed by atoms with van der Waals surface area (Å²) in [6, 6.07) is 12.1. The van der Waals surface area contributed by atoms with Crippen LogP contribution in [0.25, 0.3) is 11.0 Å². The van der Waals surface area contributed by atoms with Gasteiger partial charge in [0.15, 0.2) is 0 Å². The smallest absolute Gasteiger partial charge is 0.328 e. The molecule has 2 aromatic carbocycles. The number of rotatable bonds is 9. The van der Waals surface area contributed by atoms with Crippen molar-refractivity contribution in [2.24, 2.45) is 0 Å². The zero-order valence-electron chi connectivity index (χ0n) is 26.5. The summed E-state index contributed by atoms with van der Waals surface area (Å²) in [5.41, 5.74) is 3.53. The van der Waals surface area contributed by atoms with E-state index in [-0.39, 0.29) is 24.2 Å². The fourth-order valence-corrected chi connectivity index (χ4v) is 10.5. The molecule has 3 aromatic rings. The summed E-state index contributed by atoms with van der Waals surface area (Å²) >= 11 is 0. The Morgan fingerprint density at radius 2 is 1.84 bits per heavy atom. The Kier molecular flexibility index (Phi) is 9.26. The van der Waals surface area contributed by atoms with Gasteiger partial charge in [-0.25, -0.2) is 31.8 Å². The van der Waals surface area contributed by atoms with E-state index in [1.165, 1.54) is 11.1 Å². The Labute approximate surface area is 265 Å². The number of aromatic nitrogens is 2. The molecule has 12 nitrogen and oxygen atoms in total. The van der Waals surface area contributed by atoms with Gasteiger partial charge in [-0.15, -0.1) is 0 Å². The third-order valence-corrected chi connectivity index (χ3v) is 12.3. The number of esters is 1. The third kappa shape index (κ3) is 7.33. The number of hydrogen-bond donors (Lipinski definition) is 2. The van der Waals surface area contributed by atoms with Gasteiger partial charge in [0.25, 0.3) is 0 Å². The summed E-state index contributed by atoms with van der Waals surface area (Å²) in [4.78, 5) is 46.8. The summed E-state index contributed by atoms with van der Waals surface area (Å²) < 4.78 is 33.0. The lowest BCUT2D eigenvalue weighted by Gasteiger charge is -2.40. The Morgan fingerprint density at radius 3 is 2.53 bits per heavy atom. The Balaban J connectivity index is 1.26. The van der Waals surface area contributed by atoms with Crippen molar-refractivity contribution >= 4 is 52.8 Å².